The molecule has 2 unspecified atom stereocenters. The first kappa shape index (κ1) is 25.3. The van der Waals surface area contributed by atoms with E-state index in [-0.39, 0.29) is 36.5 Å². The highest BCUT2D eigenvalue weighted by Crippen LogP contribution is 2.26. The van der Waals surface area contributed by atoms with E-state index in [9.17, 15) is 9.90 Å². The Bertz CT molecular complexity index is 895. The van der Waals surface area contributed by atoms with Crippen LogP contribution in [0.2, 0.25) is 0 Å². The monoisotopic (exact) mass is 476 g/mol. The Morgan fingerprint density at radius 3 is 2.42 bits per heavy atom. The Kier molecular flexibility index (Phi) is 9.38. The van der Waals surface area contributed by atoms with Crippen molar-refractivity contribution >= 4 is 17.4 Å². The third kappa shape index (κ3) is 7.08. The van der Waals surface area contributed by atoms with Gasteiger partial charge in [-0.2, -0.15) is 0 Å². The van der Waals surface area contributed by atoms with Gasteiger partial charge in [0.2, 0.25) is 0 Å². The summed E-state index contributed by atoms with van der Waals surface area (Å²) in [6.45, 7) is 1.69. The molecule has 33 heavy (non-hydrogen) atoms. The number of Topliss-reactive ketones (excluding diaryl/α,β-unsaturated/α-hetero) is 1. The van der Waals surface area contributed by atoms with Crippen molar-refractivity contribution in [2.45, 2.75) is 49.9 Å². The van der Waals surface area contributed by atoms with E-state index >= 15 is 0 Å². The quantitative estimate of drug-likeness (QED) is 0.290. The largest absolute Gasteiger partial charge is 0.497 e. The number of nitrogens with zero attached hydrogens (tertiary/aromatic N) is 1. The standard InChI is InChI=1S/C25H33ClN2O5/c1-31-19-13-17(14-20(15-19)32-2)16-33-24-6-4-3-5-21(24)23(30)8-7-22(27)25(26)28-11-9-18(29)10-12-28/h3-6,13-15,18,22,25,29H,7-12,16,27H2,1-2H3. The number of carbonyl (C=O) groups is 1. The number of piperidine rings is 1. The van der Waals surface area contributed by atoms with E-state index in [2.05, 4.69) is 4.90 Å². The maximum atomic E-state index is 13.0. The summed E-state index contributed by atoms with van der Waals surface area (Å²) in [5.41, 5.74) is 7.32. The number of aliphatic hydroxyl groups is 1. The average molecular weight is 477 g/mol. The number of likely N-dealkylation sites (tertiary alicyclic amines) is 1. The molecular weight excluding hydrogens is 444 g/mol. The van der Waals surface area contributed by atoms with Crippen molar-refractivity contribution in [3.8, 4) is 17.2 Å². The predicted octanol–water partition coefficient (Wildman–Crippen LogP) is 3.59. The second kappa shape index (κ2) is 12.2. The fourth-order valence-corrected chi connectivity index (χ4v) is 4.23. The van der Waals surface area contributed by atoms with Crippen LogP contribution >= 0.6 is 11.6 Å². The number of alkyl halides is 1. The minimum Gasteiger partial charge on any atom is -0.497 e. The second-order valence-corrected chi connectivity index (χ2v) is 8.72. The van der Waals surface area contributed by atoms with Crippen LogP contribution in [0.1, 0.15) is 41.6 Å². The Hall–Kier alpha value is -2.32. The van der Waals surface area contributed by atoms with Gasteiger partial charge in [0.25, 0.3) is 0 Å². The molecule has 180 valence electrons. The van der Waals surface area contributed by atoms with Crippen molar-refractivity contribution in [1.82, 2.24) is 4.90 Å². The third-order valence-corrected chi connectivity index (χ3v) is 6.50. The van der Waals surface area contributed by atoms with Crippen molar-refractivity contribution in [3.63, 3.8) is 0 Å². The molecule has 0 saturated carbocycles. The van der Waals surface area contributed by atoms with Gasteiger partial charge in [0, 0.05) is 31.6 Å². The SMILES string of the molecule is COc1cc(COc2ccccc2C(=O)CCC(N)C(Cl)N2CCC(O)CC2)cc(OC)c1. The van der Waals surface area contributed by atoms with Crippen molar-refractivity contribution in [2.75, 3.05) is 27.3 Å². The lowest BCUT2D eigenvalue weighted by molar-refractivity contribution is 0.0709. The number of halogens is 1. The van der Waals surface area contributed by atoms with E-state index in [0.717, 1.165) is 5.56 Å². The highest BCUT2D eigenvalue weighted by molar-refractivity contribution is 6.20. The van der Waals surface area contributed by atoms with Crippen LogP contribution in [0.4, 0.5) is 0 Å². The van der Waals surface area contributed by atoms with Crippen LogP contribution in [0.15, 0.2) is 42.5 Å². The number of hydrogen-bond acceptors (Lipinski definition) is 7. The van der Waals surface area contributed by atoms with Crippen molar-refractivity contribution in [1.29, 1.82) is 0 Å². The van der Waals surface area contributed by atoms with Crippen molar-refractivity contribution in [3.05, 3.63) is 53.6 Å². The molecule has 3 N–H and O–H groups in total. The summed E-state index contributed by atoms with van der Waals surface area (Å²) >= 11 is 6.55. The number of carbonyl (C=O) groups excluding carboxylic acids is 1. The molecule has 0 bridgehead atoms. The van der Waals surface area contributed by atoms with Gasteiger partial charge in [-0.1, -0.05) is 12.1 Å². The van der Waals surface area contributed by atoms with E-state index in [0.29, 0.717) is 55.2 Å². The number of hydrogen-bond donors (Lipinski definition) is 2. The van der Waals surface area contributed by atoms with Gasteiger partial charge in [-0.05, 0) is 49.1 Å². The fourth-order valence-electron chi connectivity index (χ4n) is 3.91. The molecule has 1 heterocycles. The maximum absolute atomic E-state index is 13.0. The molecule has 1 aliphatic rings. The first-order chi connectivity index (χ1) is 15.9. The van der Waals surface area contributed by atoms with Gasteiger partial charge in [0.1, 0.15) is 29.4 Å². The number of ketones is 1. The number of nitrogens with two attached hydrogens (primary N) is 1. The summed E-state index contributed by atoms with van der Waals surface area (Å²) < 4.78 is 16.6. The number of para-hydroxylation sites is 1. The lowest BCUT2D eigenvalue weighted by Gasteiger charge is -2.35. The molecular formula is C25H33ClN2O5. The molecule has 0 aliphatic carbocycles. The molecule has 8 heteroatoms. The molecule has 0 radical (unpaired) electrons. The van der Waals surface area contributed by atoms with Crippen LogP contribution in [-0.4, -0.2) is 60.7 Å². The Morgan fingerprint density at radius 1 is 1.15 bits per heavy atom. The topological polar surface area (TPSA) is 94.2 Å². The number of rotatable bonds is 11. The molecule has 7 nitrogen and oxygen atoms in total. The zero-order valence-electron chi connectivity index (χ0n) is 19.2. The number of aliphatic hydroxyl groups excluding tert-OH is 1. The first-order valence-electron chi connectivity index (χ1n) is 11.2. The smallest absolute Gasteiger partial charge is 0.166 e. The van der Waals surface area contributed by atoms with Crippen LogP contribution in [0.3, 0.4) is 0 Å². The number of methoxy groups -OCH3 is 2. The average Bonchev–Trinajstić information content (AvgIpc) is 2.85. The highest BCUT2D eigenvalue weighted by Gasteiger charge is 2.27. The van der Waals surface area contributed by atoms with Crippen LogP contribution in [-0.2, 0) is 6.61 Å². The molecule has 1 saturated heterocycles. The van der Waals surface area contributed by atoms with Crippen LogP contribution < -0.4 is 19.9 Å². The van der Waals surface area contributed by atoms with Gasteiger partial charge in [-0.25, -0.2) is 0 Å². The molecule has 2 atom stereocenters. The minimum atomic E-state index is -0.361. The molecule has 2 aromatic carbocycles. The summed E-state index contributed by atoms with van der Waals surface area (Å²) in [6.07, 6.45) is 1.86. The maximum Gasteiger partial charge on any atom is 0.166 e. The van der Waals surface area contributed by atoms with Crippen molar-refractivity contribution in [2.24, 2.45) is 5.73 Å². The zero-order valence-corrected chi connectivity index (χ0v) is 20.0. The van der Waals surface area contributed by atoms with Crippen LogP contribution in [0.5, 0.6) is 17.2 Å². The minimum absolute atomic E-state index is 0.0396. The lowest BCUT2D eigenvalue weighted by Crippen LogP contribution is -2.48. The lowest BCUT2D eigenvalue weighted by atomic mass is 10.0. The summed E-state index contributed by atoms with van der Waals surface area (Å²) in [5, 5.41) is 9.67. The Balaban J connectivity index is 1.58. The predicted molar refractivity (Wildman–Crippen MR) is 128 cm³/mol. The second-order valence-electron chi connectivity index (χ2n) is 8.27. The normalized spacial score (nSPS) is 16.8. The molecule has 0 spiro atoms. The van der Waals surface area contributed by atoms with Gasteiger partial charge in [-0.15, -0.1) is 11.6 Å². The number of benzene rings is 2. The highest BCUT2D eigenvalue weighted by atomic mass is 35.5. The Labute approximate surface area is 200 Å². The van der Waals surface area contributed by atoms with E-state index in [1.54, 1.807) is 32.4 Å². The Morgan fingerprint density at radius 2 is 1.79 bits per heavy atom. The fraction of sp³-hybridized carbons (Fsp3) is 0.480. The van der Waals surface area contributed by atoms with E-state index in [1.807, 2.05) is 24.3 Å². The first-order valence-corrected chi connectivity index (χ1v) is 11.6. The summed E-state index contributed by atoms with van der Waals surface area (Å²) in [5.74, 6) is 1.82. The van der Waals surface area contributed by atoms with Gasteiger partial charge in [-0.3, -0.25) is 9.69 Å². The van der Waals surface area contributed by atoms with Crippen LogP contribution in [0.25, 0.3) is 0 Å². The van der Waals surface area contributed by atoms with Gasteiger partial charge in [0.05, 0.1) is 25.9 Å². The summed E-state index contributed by atoms with van der Waals surface area (Å²) in [7, 11) is 3.19. The van der Waals surface area contributed by atoms with E-state index < -0.39 is 0 Å². The van der Waals surface area contributed by atoms with Gasteiger partial charge < -0.3 is 25.1 Å². The summed E-state index contributed by atoms with van der Waals surface area (Å²) in [4.78, 5) is 15.0. The summed E-state index contributed by atoms with van der Waals surface area (Å²) in [6, 6.07) is 12.4. The molecule has 1 aliphatic heterocycles. The van der Waals surface area contributed by atoms with E-state index in [4.69, 9.17) is 31.5 Å². The van der Waals surface area contributed by atoms with E-state index in [1.165, 1.54) is 0 Å². The van der Waals surface area contributed by atoms with Gasteiger partial charge in [0.15, 0.2) is 5.78 Å². The molecule has 0 amide bonds. The van der Waals surface area contributed by atoms with Crippen LogP contribution in [0, 0.1) is 0 Å². The molecule has 1 fully saturated rings. The van der Waals surface area contributed by atoms with Gasteiger partial charge >= 0.3 is 0 Å². The molecule has 2 aromatic rings. The number of ether oxygens (including phenoxy) is 3. The van der Waals surface area contributed by atoms with Crippen molar-refractivity contribution < 1.29 is 24.1 Å². The molecule has 0 aromatic heterocycles. The molecule has 3 rings (SSSR count). The third-order valence-electron chi connectivity index (χ3n) is 5.90. The zero-order chi connectivity index (χ0) is 23.8.